The van der Waals surface area contributed by atoms with E-state index in [0.717, 1.165) is 15.2 Å². The van der Waals surface area contributed by atoms with Gasteiger partial charge in [0.2, 0.25) is 5.91 Å². The Morgan fingerprint density at radius 2 is 1.77 bits per heavy atom. The third-order valence-electron chi connectivity index (χ3n) is 4.33. The van der Waals surface area contributed by atoms with Gasteiger partial charge < -0.3 is 4.90 Å². The van der Waals surface area contributed by atoms with Crippen molar-refractivity contribution in [2.24, 2.45) is 0 Å². The predicted molar refractivity (Wildman–Crippen MR) is 104 cm³/mol. The van der Waals surface area contributed by atoms with Gasteiger partial charge in [-0.3, -0.25) is 4.79 Å². The number of benzene rings is 2. The summed E-state index contributed by atoms with van der Waals surface area (Å²) in [7, 11) is -1.77. The Balaban J connectivity index is 1.67. The molecule has 0 radical (unpaired) electrons. The van der Waals surface area contributed by atoms with Crippen LogP contribution >= 0.6 is 11.3 Å². The van der Waals surface area contributed by atoms with E-state index in [1.165, 1.54) is 0 Å². The Hall–Kier alpha value is -2.25. The Labute approximate surface area is 157 Å². The smallest absolute Gasteiger partial charge is 0.223 e. The van der Waals surface area contributed by atoms with Crippen molar-refractivity contribution in [3.63, 3.8) is 0 Å². The number of aromatic nitrogens is 1. The molecule has 0 saturated carbocycles. The highest BCUT2D eigenvalue weighted by Gasteiger charge is 2.23. The van der Waals surface area contributed by atoms with E-state index in [9.17, 15) is 13.2 Å². The lowest BCUT2D eigenvalue weighted by molar-refractivity contribution is -0.131. The molecule has 136 valence electrons. The van der Waals surface area contributed by atoms with Gasteiger partial charge in [0.1, 0.15) is 5.01 Å². The molecule has 0 unspecified atom stereocenters. The molecular weight excluding hydrogens is 368 g/mol. The van der Waals surface area contributed by atoms with Crippen LogP contribution in [0.3, 0.4) is 0 Å². The first-order chi connectivity index (χ1) is 12.4. The van der Waals surface area contributed by atoms with Crippen LogP contribution in [0.1, 0.15) is 24.4 Å². The van der Waals surface area contributed by atoms with Gasteiger partial charge in [-0.25, -0.2) is 13.4 Å². The van der Waals surface area contributed by atoms with Crippen LogP contribution < -0.4 is 0 Å². The quantitative estimate of drug-likeness (QED) is 0.646. The van der Waals surface area contributed by atoms with Crippen LogP contribution in [0.25, 0.3) is 10.2 Å². The second kappa shape index (κ2) is 7.55. The van der Waals surface area contributed by atoms with E-state index in [1.54, 1.807) is 53.6 Å². The number of hydrogen-bond donors (Lipinski definition) is 0. The highest BCUT2D eigenvalue weighted by molar-refractivity contribution is 7.91. The van der Waals surface area contributed by atoms with E-state index in [0.29, 0.717) is 0 Å². The zero-order valence-electron chi connectivity index (χ0n) is 14.6. The molecule has 2 aromatic carbocycles. The largest absolute Gasteiger partial charge is 0.337 e. The first-order valence-corrected chi connectivity index (χ1v) is 10.7. The fourth-order valence-electron chi connectivity index (χ4n) is 2.59. The second-order valence-corrected chi connectivity index (χ2v) is 9.25. The summed E-state index contributed by atoms with van der Waals surface area (Å²) in [6.07, 6.45) is -0.0526. The maximum Gasteiger partial charge on any atom is 0.223 e. The molecule has 1 amide bonds. The van der Waals surface area contributed by atoms with Crippen molar-refractivity contribution >= 4 is 37.3 Å². The first kappa shape index (κ1) is 18.5. The molecule has 0 bridgehead atoms. The Morgan fingerprint density at radius 1 is 1.12 bits per heavy atom. The summed E-state index contributed by atoms with van der Waals surface area (Å²) in [5.74, 6) is -0.413. The zero-order chi connectivity index (χ0) is 18.7. The van der Waals surface area contributed by atoms with Crippen LogP contribution in [0.15, 0.2) is 59.5 Å². The SMILES string of the molecule is C[C@@H](c1nc2ccccc2s1)N(C)C(=O)CCS(=O)(=O)c1ccccc1. The van der Waals surface area contributed by atoms with E-state index in [-0.39, 0.29) is 29.0 Å². The van der Waals surface area contributed by atoms with Gasteiger partial charge in [-0.15, -0.1) is 11.3 Å². The lowest BCUT2D eigenvalue weighted by Gasteiger charge is -2.23. The maximum atomic E-state index is 12.5. The number of carbonyl (C=O) groups is 1. The minimum absolute atomic E-state index is 0.0526. The Kier molecular flexibility index (Phi) is 5.38. The van der Waals surface area contributed by atoms with Crippen molar-refractivity contribution in [1.29, 1.82) is 0 Å². The molecule has 0 aliphatic heterocycles. The summed E-state index contributed by atoms with van der Waals surface area (Å²) >= 11 is 1.55. The number of para-hydroxylation sites is 1. The number of nitrogens with zero attached hydrogens (tertiary/aromatic N) is 2. The van der Waals surface area contributed by atoms with Crippen LogP contribution in [0, 0.1) is 0 Å². The molecule has 0 aliphatic carbocycles. The van der Waals surface area contributed by atoms with Gasteiger partial charge in [-0.05, 0) is 31.2 Å². The van der Waals surface area contributed by atoms with E-state index in [2.05, 4.69) is 4.98 Å². The van der Waals surface area contributed by atoms with Gasteiger partial charge >= 0.3 is 0 Å². The van der Waals surface area contributed by atoms with Crippen LogP contribution in [0.4, 0.5) is 0 Å². The van der Waals surface area contributed by atoms with Gasteiger partial charge in [-0.1, -0.05) is 30.3 Å². The first-order valence-electron chi connectivity index (χ1n) is 8.27. The monoisotopic (exact) mass is 388 g/mol. The van der Waals surface area contributed by atoms with Gasteiger partial charge in [0.05, 0.1) is 26.9 Å². The highest BCUT2D eigenvalue weighted by atomic mass is 32.2. The molecule has 0 aliphatic rings. The summed E-state index contributed by atoms with van der Waals surface area (Å²) in [5.41, 5.74) is 0.909. The summed E-state index contributed by atoms with van der Waals surface area (Å²) < 4.78 is 25.7. The van der Waals surface area contributed by atoms with Crippen LogP contribution in [-0.2, 0) is 14.6 Å². The fraction of sp³-hybridized carbons (Fsp3) is 0.263. The fourth-order valence-corrected chi connectivity index (χ4v) is 4.91. The van der Waals surface area contributed by atoms with Crippen molar-refractivity contribution in [2.75, 3.05) is 12.8 Å². The third-order valence-corrected chi connectivity index (χ3v) is 7.27. The van der Waals surface area contributed by atoms with Crippen molar-refractivity contribution in [2.45, 2.75) is 24.3 Å². The number of thiazole rings is 1. The normalized spacial score (nSPS) is 12.8. The molecule has 1 atom stereocenters. The minimum Gasteiger partial charge on any atom is -0.337 e. The van der Waals surface area contributed by atoms with Crippen LogP contribution in [0.2, 0.25) is 0 Å². The molecular formula is C19H20N2O3S2. The molecule has 7 heteroatoms. The Bertz CT molecular complexity index is 980. The number of sulfone groups is 1. The van der Waals surface area contributed by atoms with E-state index >= 15 is 0 Å². The number of carbonyl (C=O) groups excluding carboxylic acids is 1. The molecule has 1 aromatic heterocycles. The predicted octanol–water partition coefficient (Wildman–Crippen LogP) is 3.68. The van der Waals surface area contributed by atoms with Gasteiger partial charge in [0, 0.05) is 13.5 Å². The standard InChI is InChI=1S/C19H20N2O3S2/c1-14(19-20-16-10-6-7-11-17(16)25-19)21(2)18(22)12-13-26(23,24)15-8-4-3-5-9-15/h3-11,14H,12-13H2,1-2H3/t14-/m0/s1. The summed E-state index contributed by atoms with van der Waals surface area (Å²) in [6, 6.07) is 15.8. The van der Waals surface area contributed by atoms with Gasteiger partial charge in [0.25, 0.3) is 0 Å². The van der Waals surface area contributed by atoms with E-state index in [4.69, 9.17) is 0 Å². The highest BCUT2D eigenvalue weighted by Crippen LogP contribution is 2.29. The molecule has 26 heavy (non-hydrogen) atoms. The lowest BCUT2D eigenvalue weighted by Crippen LogP contribution is -2.31. The summed E-state index contributed by atoms with van der Waals surface area (Å²) in [5, 5.41) is 0.841. The zero-order valence-corrected chi connectivity index (χ0v) is 16.3. The summed E-state index contributed by atoms with van der Waals surface area (Å²) in [4.78, 5) is 18.9. The number of hydrogen-bond acceptors (Lipinski definition) is 5. The molecule has 5 nitrogen and oxygen atoms in total. The molecule has 0 fully saturated rings. The molecule has 0 saturated heterocycles. The number of rotatable bonds is 6. The summed E-state index contributed by atoms with van der Waals surface area (Å²) in [6.45, 7) is 1.90. The molecule has 3 aromatic rings. The molecule has 1 heterocycles. The van der Waals surface area contributed by atoms with E-state index < -0.39 is 9.84 Å². The average molecular weight is 389 g/mol. The van der Waals surface area contributed by atoms with E-state index in [1.807, 2.05) is 31.2 Å². The van der Waals surface area contributed by atoms with Crippen molar-refractivity contribution in [3.05, 3.63) is 59.6 Å². The molecule has 0 spiro atoms. The minimum atomic E-state index is -3.46. The van der Waals surface area contributed by atoms with Crippen molar-refractivity contribution < 1.29 is 13.2 Å². The molecule has 3 rings (SSSR count). The van der Waals surface area contributed by atoms with Gasteiger partial charge in [-0.2, -0.15) is 0 Å². The van der Waals surface area contributed by atoms with Crippen LogP contribution in [-0.4, -0.2) is 37.0 Å². The van der Waals surface area contributed by atoms with Crippen molar-refractivity contribution in [1.82, 2.24) is 9.88 Å². The van der Waals surface area contributed by atoms with Crippen LogP contribution in [0.5, 0.6) is 0 Å². The topological polar surface area (TPSA) is 67.3 Å². The third kappa shape index (κ3) is 3.94. The van der Waals surface area contributed by atoms with Crippen molar-refractivity contribution in [3.8, 4) is 0 Å². The second-order valence-electron chi connectivity index (χ2n) is 6.08. The average Bonchev–Trinajstić information content (AvgIpc) is 3.10. The van der Waals surface area contributed by atoms with Gasteiger partial charge in [0.15, 0.2) is 9.84 Å². The maximum absolute atomic E-state index is 12.5. The lowest BCUT2D eigenvalue weighted by atomic mass is 10.3. The number of amides is 1. The Morgan fingerprint density at radius 3 is 2.46 bits per heavy atom. The number of fused-ring (bicyclic) bond motifs is 1. The molecule has 0 N–H and O–H groups in total.